The van der Waals surface area contributed by atoms with E-state index in [-0.39, 0.29) is 5.92 Å². The number of quaternary nitrogens is 1. The van der Waals surface area contributed by atoms with E-state index in [1.807, 2.05) is 41.5 Å². The van der Waals surface area contributed by atoms with Crippen molar-refractivity contribution in [3.63, 3.8) is 0 Å². The molecule has 3 rings (SSSR count). The Labute approximate surface area is 148 Å². The predicted molar refractivity (Wildman–Crippen MR) is 99.1 cm³/mol. The van der Waals surface area contributed by atoms with Crippen molar-refractivity contribution >= 4 is 17.2 Å². The molecule has 0 spiro atoms. The molecule has 3 nitrogen and oxygen atoms in total. The van der Waals surface area contributed by atoms with Crippen molar-refractivity contribution < 1.29 is 9.69 Å². The van der Waals surface area contributed by atoms with E-state index in [1.54, 1.807) is 4.90 Å². The third-order valence-electron chi connectivity index (χ3n) is 5.06. The minimum Gasteiger partial charge on any atom is -0.341 e. The zero-order valence-corrected chi connectivity index (χ0v) is 15.4. The molecule has 2 aromatic rings. The third-order valence-corrected chi connectivity index (χ3v) is 6.08. The third kappa shape index (κ3) is 4.25. The maximum Gasteiger partial charge on any atom is 0.226 e. The largest absolute Gasteiger partial charge is 0.341 e. The van der Waals surface area contributed by atoms with Crippen LogP contribution in [-0.2, 0) is 17.9 Å². The molecule has 1 aromatic heterocycles. The van der Waals surface area contributed by atoms with Crippen LogP contribution in [0.1, 0.15) is 28.8 Å². The van der Waals surface area contributed by atoms with Crippen molar-refractivity contribution in [2.75, 3.05) is 20.1 Å². The Morgan fingerprint density at radius 3 is 2.54 bits per heavy atom. The summed E-state index contributed by atoms with van der Waals surface area (Å²) in [5.41, 5.74) is 2.61. The van der Waals surface area contributed by atoms with E-state index in [2.05, 4.69) is 30.5 Å². The van der Waals surface area contributed by atoms with Gasteiger partial charge >= 0.3 is 0 Å². The van der Waals surface area contributed by atoms with Gasteiger partial charge in [0.25, 0.3) is 0 Å². The zero-order valence-electron chi connectivity index (χ0n) is 14.6. The van der Waals surface area contributed by atoms with Crippen LogP contribution in [0.2, 0.25) is 0 Å². The Kier molecular flexibility index (Phi) is 5.69. The average molecular weight is 344 g/mol. The van der Waals surface area contributed by atoms with Crippen LogP contribution in [0.5, 0.6) is 0 Å². The number of rotatable bonds is 5. The second-order valence-corrected chi connectivity index (χ2v) is 7.91. The standard InChI is InChI=1S/C20H26N2OS/c1-16-10-13-24-19(16)15-22-11-8-18(9-12-22)20(23)21(2)14-17-6-4-3-5-7-17/h3-7,10,13,18H,8-9,11-12,14-15H2,1-2H3/p+1. The van der Waals surface area contributed by atoms with Gasteiger partial charge in [0, 0.05) is 32.4 Å². The number of nitrogens with zero attached hydrogens (tertiary/aromatic N) is 1. The molecule has 1 aliphatic heterocycles. The molecule has 0 aliphatic carbocycles. The normalized spacial score (nSPS) is 20.8. The molecule has 24 heavy (non-hydrogen) atoms. The first kappa shape index (κ1) is 17.2. The molecule has 1 saturated heterocycles. The molecule has 1 aliphatic rings. The lowest BCUT2D eigenvalue weighted by Gasteiger charge is -2.31. The number of aryl methyl sites for hydroxylation is 1. The van der Waals surface area contributed by atoms with Crippen LogP contribution in [-0.4, -0.2) is 30.9 Å². The fraction of sp³-hybridized carbons (Fsp3) is 0.450. The fourth-order valence-corrected chi connectivity index (χ4v) is 4.49. The minimum atomic E-state index is 0.201. The van der Waals surface area contributed by atoms with Crippen LogP contribution in [0.4, 0.5) is 0 Å². The molecule has 0 atom stereocenters. The number of likely N-dealkylation sites (tertiary alicyclic amines) is 1. The molecule has 1 N–H and O–H groups in total. The Morgan fingerprint density at radius 1 is 1.21 bits per heavy atom. The highest BCUT2D eigenvalue weighted by Crippen LogP contribution is 2.17. The molecular weight excluding hydrogens is 316 g/mol. The molecule has 1 amide bonds. The van der Waals surface area contributed by atoms with E-state index in [0.29, 0.717) is 12.5 Å². The zero-order chi connectivity index (χ0) is 16.9. The highest BCUT2D eigenvalue weighted by atomic mass is 32.1. The molecule has 1 aromatic carbocycles. The van der Waals surface area contributed by atoms with Gasteiger partial charge in [-0.25, -0.2) is 0 Å². The van der Waals surface area contributed by atoms with E-state index >= 15 is 0 Å². The maximum atomic E-state index is 12.7. The van der Waals surface area contributed by atoms with Crippen molar-refractivity contribution in [3.8, 4) is 0 Å². The lowest BCUT2D eigenvalue weighted by atomic mass is 9.95. The molecule has 4 heteroatoms. The summed E-state index contributed by atoms with van der Waals surface area (Å²) in [6.07, 6.45) is 2.02. The Hall–Kier alpha value is -1.65. The van der Waals surface area contributed by atoms with Gasteiger partial charge in [0.05, 0.1) is 18.0 Å². The molecule has 2 heterocycles. The Bertz CT molecular complexity index is 659. The van der Waals surface area contributed by atoms with Crippen molar-refractivity contribution in [2.24, 2.45) is 5.92 Å². The summed E-state index contributed by atoms with van der Waals surface area (Å²) >= 11 is 1.86. The number of carbonyl (C=O) groups is 1. The van der Waals surface area contributed by atoms with Crippen LogP contribution in [0.15, 0.2) is 41.8 Å². The van der Waals surface area contributed by atoms with E-state index in [4.69, 9.17) is 0 Å². The molecule has 128 valence electrons. The minimum absolute atomic E-state index is 0.201. The van der Waals surface area contributed by atoms with Crippen molar-refractivity contribution in [1.82, 2.24) is 4.90 Å². The smallest absolute Gasteiger partial charge is 0.226 e. The summed E-state index contributed by atoms with van der Waals surface area (Å²) < 4.78 is 0. The van der Waals surface area contributed by atoms with Gasteiger partial charge in [0.1, 0.15) is 6.54 Å². The van der Waals surface area contributed by atoms with E-state index in [9.17, 15) is 4.79 Å². The fourth-order valence-electron chi connectivity index (χ4n) is 3.51. The van der Waals surface area contributed by atoms with Gasteiger partial charge in [-0.05, 0) is 29.5 Å². The van der Waals surface area contributed by atoms with E-state index in [1.165, 1.54) is 16.0 Å². The number of amides is 1. The Balaban J connectivity index is 1.49. The number of piperidine rings is 1. The molecule has 0 unspecified atom stereocenters. The first-order chi connectivity index (χ1) is 11.6. The van der Waals surface area contributed by atoms with Crippen molar-refractivity contribution in [3.05, 3.63) is 57.8 Å². The van der Waals surface area contributed by atoms with Crippen molar-refractivity contribution in [1.29, 1.82) is 0 Å². The number of hydrogen-bond donors (Lipinski definition) is 1. The molecular formula is C20H27N2OS+. The van der Waals surface area contributed by atoms with Gasteiger partial charge in [0.15, 0.2) is 0 Å². The van der Waals surface area contributed by atoms with Gasteiger partial charge in [-0.15, -0.1) is 11.3 Å². The summed E-state index contributed by atoms with van der Waals surface area (Å²) in [7, 11) is 1.93. The first-order valence-corrected chi connectivity index (χ1v) is 9.67. The molecule has 0 bridgehead atoms. The number of hydrogen-bond acceptors (Lipinski definition) is 2. The predicted octanol–water partition coefficient (Wildman–Crippen LogP) is 2.51. The number of nitrogens with one attached hydrogen (secondary N) is 1. The molecule has 0 radical (unpaired) electrons. The van der Waals surface area contributed by atoms with Gasteiger partial charge in [-0.2, -0.15) is 0 Å². The monoisotopic (exact) mass is 343 g/mol. The van der Waals surface area contributed by atoms with Gasteiger partial charge in [0.2, 0.25) is 5.91 Å². The summed E-state index contributed by atoms with van der Waals surface area (Å²) in [4.78, 5) is 17.7. The number of carbonyl (C=O) groups excluding carboxylic acids is 1. The Morgan fingerprint density at radius 2 is 1.92 bits per heavy atom. The van der Waals surface area contributed by atoms with Crippen LogP contribution in [0.25, 0.3) is 0 Å². The second-order valence-electron chi connectivity index (χ2n) is 6.91. The van der Waals surface area contributed by atoms with E-state index < -0.39 is 0 Å². The lowest BCUT2D eigenvalue weighted by molar-refractivity contribution is -0.919. The summed E-state index contributed by atoms with van der Waals surface area (Å²) in [6, 6.07) is 12.4. The maximum absolute atomic E-state index is 12.7. The topological polar surface area (TPSA) is 24.8 Å². The van der Waals surface area contributed by atoms with Gasteiger partial charge in [-0.1, -0.05) is 30.3 Å². The average Bonchev–Trinajstić information content (AvgIpc) is 3.00. The van der Waals surface area contributed by atoms with Crippen molar-refractivity contribution in [2.45, 2.75) is 32.9 Å². The van der Waals surface area contributed by atoms with Gasteiger partial charge in [-0.3, -0.25) is 4.79 Å². The molecule has 1 fully saturated rings. The summed E-state index contributed by atoms with van der Waals surface area (Å²) in [6.45, 7) is 6.23. The lowest BCUT2D eigenvalue weighted by Crippen LogP contribution is -3.11. The van der Waals surface area contributed by atoms with E-state index in [0.717, 1.165) is 32.5 Å². The van der Waals surface area contributed by atoms with Crippen LogP contribution in [0, 0.1) is 12.8 Å². The second kappa shape index (κ2) is 7.95. The SMILES string of the molecule is Cc1ccsc1C[NH+]1CCC(C(=O)N(C)Cc2ccccc2)CC1. The number of benzene rings is 1. The van der Waals surface area contributed by atoms with Crippen LogP contribution in [0.3, 0.4) is 0 Å². The van der Waals surface area contributed by atoms with Gasteiger partial charge < -0.3 is 9.80 Å². The highest BCUT2D eigenvalue weighted by Gasteiger charge is 2.29. The molecule has 0 saturated carbocycles. The quantitative estimate of drug-likeness (QED) is 0.886. The first-order valence-electron chi connectivity index (χ1n) is 8.79. The summed E-state index contributed by atoms with van der Waals surface area (Å²) in [5, 5.41) is 2.18. The number of thiophene rings is 1. The van der Waals surface area contributed by atoms with Crippen LogP contribution >= 0.6 is 11.3 Å². The summed E-state index contributed by atoms with van der Waals surface area (Å²) in [5.74, 6) is 0.511. The highest BCUT2D eigenvalue weighted by molar-refractivity contribution is 7.10. The van der Waals surface area contributed by atoms with Crippen LogP contribution < -0.4 is 4.90 Å².